The Hall–Kier alpha value is -1.57. The zero-order valence-electron chi connectivity index (χ0n) is 10.4. The summed E-state index contributed by atoms with van der Waals surface area (Å²) in [6.45, 7) is 6.32. The van der Waals surface area contributed by atoms with Crippen LogP contribution in [0.4, 0.5) is 0 Å². The predicted molar refractivity (Wildman–Crippen MR) is 60.9 cm³/mol. The minimum absolute atomic E-state index is 0.139. The second-order valence-corrected chi connectivity index (χ2v) is 4.94. The Balaban J connectivity index is 2.71. The normalized spacial score (nSPS) is 24.8. The minimum Gasteiger partial charge on any atom is -0.481 e. The lowest BCUT2D eigenvalue weighted by Crippen LogP contribution is -2.34. The molecule has 1 fully saturated rings. The summed E-state index contributed by atoms with van der Waals surface area (Å²) in [6, 6.07) is 1.99. The molecule has 5 nitrogen and oxygen atoms in total. The van der Waals surface area contributed by atoms with E-state index in [1.165, 1.54) is 0 Å². The van der Waals surface area contributed by atoms with Gasteiger partial charge in [-0.2, -0.15) is 5.26 Å². The van der Waals surface area contributed by atoms with Gasteiger partial charge in [0.1, 0.15) is 0 Å². The summed E-state index contributed by atoms with van der Waals surface area (Å²) >= 11 is 0. The van der Waals surface area contributed by atoms with E-state index in [0.29, 0.717) is 13.1 Å². The predicted octanol–water partition coefficient (Wildman–Crippen LogP) is 1.11. The van der Waals surface area contributed by atoms with E-state index in [0.717, 1.165) is 0 Å². The molecule has 1 saturated carbocycles. The smallest absolute Gasteiger partial charge is 0.307 e. The average Bonchev–Trinajstić information content (AvgIpc) is 2.82. The van der Waals surface area contributed by atoms with Crippen LogP contribution in [0.5, 0.6) is 0 Å². The van der Waals surface area contributed by atoms with Crippen LogP contribution < -0.4 is 0 Å². The Bertz CT molecular complexity index is 370. The zero-order valence-corrected chi connectivity index (χ0v) is 10.4. The van der Waals surface area contributed by atoms with Crippen molar-refractivity contribution in [2.24, 2.45) is 17.3 Å². The van der Waals surface area contributed by atoms with E-state index in [1.807, 2.05) is 13.0 Å². The molecule has 2 atom stereocenters. The monoisotopic (exact) mass is 238 g/mol. The number of carbonyl (C=O) groups is 2. The number of carbonyl (C=O) groups excluding carboxylic acids is 1. The fraction of sp³-hybridized carbons (Fsp3) is 0.750. The van der Waals surface area contributed by atoms with Crippen LogP contribution in [0.3, 0.4) is 0 Å². The van der Waals surface area contributed by atoms with Gasteiger partial charge in [0.2, 0.25) is 5.91 Å². The number of amides is 1. The van der Waals surface area contributed by atoms with Crippen LogP contribution in [0.15, 0.2) is 0 Å². The van der Waals surface area contributed by atoms with Gasteiger partial charge in [-0.15, -0.1) is 0 Å². The first-order valence-electron chi connectivity index (χ1n) is 5.76. The summed E-state index contributed by atoms with van der Waals surface area (Å²) < 4.78 is 0. The molecule has 1 amide bonds. The van der Waals surface area contributed by atoms with E-state index in [2.05, 4.69) is 0 Å². The molecule has 5 heteroatoms. The Morgan fingerprint density at radius 3 is 2.35 bits per heavy atom. The number of hydrogen-bond acceptors (Lipinski definition) is 3. The average molecular weight is 238 g/mol. The number of nitriles is 1. The molecule has 0 heterocycles. The number of hydrogen-bond donors (Lipinski definition) is 1. The Morgan fingerprint density at radius 2 is 2.00 bits per heavy atom. The summed E-state index contributed by atoms with van der Waals surface area (Å²) in [5, 5.41) is 17.5. The molecule has 17 heavy (non-hydrogen) atoms. The molecule has 0 aromatic heterocycles. The van der Waals surface area contributed by atoms with Crippen molar-refractivity contribution in [2.45, 2.75) is 27.2 Å². The molecule has 0 aromatic carbocycles. The first-order valence-corrected chi connectivity index (χ1v) is 5.76. The lowest BCUT2D eigenvalue weighted by atomic mass is 10.1. The Kier molecular flexibility index (Phi) is 3.76. The molecular weight excluding hydrogens is 220 g/mol. The van der Waals surface area contributed by atoms with Crippen LogP contribution >= 0.6 is 0 Å². The summed E-state index contributed by atoms with van der Waals surface area (Å²) in [5.41, 5.74) is -0.469. The maximum atomic E-state index is 12.1. The van der Waals surface area contributed by atoms with Crippen LogP contribution in [0.1, 0.15) is 27.2 Å². The van der Waals surface area contributed by atoms with Crippen molar-refractivity contribution in [1.82, 2.24) is 4.90 Å². The maximum Gasteiger partial charge on any atom is 0.307 e. The summed E-state index contributed by atoms with van der Waals surface area (Å²) in [5.74, 6) is -2.09. The Morgan fingerprint density at radius 1 is 1.41 bits per heavy atom. The highest BCUT2D eigenvalue weighted by atomic mass is 16.4. The highest BCUT2D eigenvalue weighted by molar-refractivity contribution is 5.91. The first-order chi connectivity index (χ1) is 7.87. The molecule has 1 N–H and O–H groups in total. The van der Waals surface area contributed by atoms with Crippen molar-refractivity contribution in [3.05, 3.63) is 0 Å². The topological polar surface area (TPSA) is 81.4 Å². The number of aliphatic carboxylic acids is 1. The number of rotatable bonds is 5. The van der Waals surface area contributed by atoms with Crippen molar-refractivity contribution in [2.75, 3.05) is 13.1 Å². The van der Waals surface area contributed by atoms with Gasteiger partial charge in [0.15, 0.2) is 0 Å². The fourth-order valence-corrected chi connectivity index (χ4v) is 2.37. The van der Waals surface area contributed by atoms with Crippen LogP contribution in [0.25, 0.3) is 0 Å². The molecule has 1 aliphatic rings. The third kappa shape index (κ3) is 2.41. The molecule has 1 rings (SSSR count). The second kappa shape index (κ2) is 4.74. The van der Waals surface area contributed by atoms with Gasteiger partial charge in [-0.3, -0.25) is 9.59 Å². The molecule has 2 unspecified atom stereocenters. The van der Waals surface area contributed by atoms with E-state index < -0.39 is 23.2 Å². The molecule has 0 saturated heterocycles. The second-order valence-electron chi connectivity index (χ2n) is 4.94. The van der Waals surface area contributed by atoms with E-state index in [4.69, 9.17) is 10.4 Å². The highest BCUT2D eigenvalue weighted by Gasteiger charge is 2.66. The van der Waals surface area contributed by atoms with Crippen LogP contribution in [-0.4, -0.2) is 35.0 Å². The standard InChI is InChI=1S/C12H18N2O3/c1-4-14(7-5-6-13)10(15)8-9(11(16)17)12(8,2)3/h8-9H,4-5,7H2,1-3H3,(H,16,17). The lowest BCUT2D eigenvalue weighted by molar-refractivity contribution is -0.142. The quantitative estimate of drug-likeness (QED) is 0.777. The van der Waals surface area contributed by atoms with Crippen LogP contribution in [0.2, 0.25) is 0 Å². The van der Waals surface area contributed by atoms with E-state index in [9.17, 15) is 9.59 Å². The SMILES string of the molecule is CCN(CCC#N)C(=O)C1C(C(=O)O)C1(C)C. The minimum atomic E-state index is -0.912. The molecule has 0 aliphatic heterocycles. The van der Waals surface area contributed by atoms with Gasteiger partial charge in [0, 0.05) is 13.1 Å². The van der Waals surface area contributed by atoms with Crippen molar-refractivity contribution < 1.29 is 14.7 Å². The van der Waals surface area contributed by atoms with E-state index >= 15 is 0 Å². The lowest BCUT2D eigenvalue weighted by Gasteiger charge is -2.20. The Labute approximate surface area is 101 Å². The van der Waals surface area contributed by atoms with Gasteiger partial charge in [0.05, 0.1) is 24.3 Å². The number of carboxylic acid groups (broad SMARTS) is 1. The van der Waals surface area contributed by atoms with E-state index in [1.54, 1.807) is 18.7 Å². The van der Waals surface area contributed by atoms with Crippen LogP contribution in [-0.2, 0) is 9.59 Å². The van der Waals surface area contributed by atoms with Gasteiger partial charge in [-0.05, 0) is 12.3 Å². The van der Waals surface area contributed by atoms with Gasteiger partial charge in [0.25, 0.3) is 0 Å². The highest BCUT2D eigenvalue weighted by Crippen LogP contribution is 2.58. The third-order valence-electron chi connectivity index (χ3n) is 3.55. The van der Waals surface area contributed by atoms with E-state index in [-0.39, 0.29) is 12.3 Å². The number of carboxylic acids is 1. The zero-order chi connectivity index (χ0) is 13.2. The summed E-state index contributed by atoms with van der Waals surface area (Å²) in [7, 11) is 0. The van der Waals surface area contributed by atoms with Gasteiger partial charge in [-0.25, -0.2) is 0 Å². The largest absolute Gasteiger partial charge is 0.481 e. The summed E-state index contributed by atoms with van der Waals surface area (Å²) in [6.07, 6.45) is 0.282. The first kappa shape index (κ1) is 13.5. The molecule has 0 bridgehead atoms. The summed E-state index contributed by atoms with van der Waals surface area (Å²) in [4.78, 5) is 24.7. The van der Waals surface area contributed by atoms with Crippen molar-refractivity contribution in [3.63, 3.8) is 0 Å². The fourth-order valence-electron chi connectivity index (χ4n) is 2.37. The molecule has 94 valence electrons. The molecule has 0 radical (unpaired) electrons. The molecule has 0 spiro atoms. The molecular formula is C12H18N2O3. The van der Waals surface area contributed by atoms with Gasteiger partial charge in [-0.1, -0.05) is 13.8 Å². The molecule has 1 aliphatic carbocycles. The van der Waals surface area contributed by atoms with Crippen molar-refractivity contribution in [3.8, 4) is 6.07 Å². The van der Waals surface area contributed by atoms with Crippen molar-refractivity contribution in [1.29, 1.82) is 5.26 Å². The number of nitrogens with zero attached hydrogens (tertiary/aromatic N) is 2. The molecule has 0 aromatic rings. The van der Waals surface area contributed by atoms with Crippen molar-refractivity contribution >= 4 is 11.9 Å². The van der Waals surface area contributed by atoms with Gasteiger partial charge < -0.3 is 10.0 Å². The van der Waals surface area contributed by atoms with Gasteiger partial charge >= 0.3 is 5.97 Å². The third-order valence-corrected chi connectivity index (χ3v) is 3.55. The van der Waals surface area contributed by atoms with Crippen LogP contribution in [0, 0.1) is 28.6 Å². The maximum absolute atomic E-state index is 12.1.